The highest BCUT2D eigenvalue weighted by molar-refractivity contribution is 5.94. The van der Waals surface area contributed by atoms with Gasteiger partial charge in [-0.15, -0.1) is 0 Å². The lowest BCUT2D eigenvalue weighted by molar-refractivity contribution is -0.0722. The molecule has 3 aliphatic rings. The average molecular weight is 636 g/mol. The molecule has 0 spiro atoms. The van der Waals surface area contributed by atoms with Crippen molar-refractivity contribution < 1.29 is 24.1 Å². The molecule has 0 radical (unpaired) electrons. The van der Waals surface area contributed by atoms with Gasteiger partial charge in [-0.25, -0.2) is 4.39 Å². The van der Waals surface area contributed by atoms with Crippen molar-refractivity contribution in [2.24, 2.45) is 23.2 Å². The topological polar surface area (TPSA) is 70.0 Å². The Morgan fingerprint density at radius 3 is 2.37 bits per heavy atom. The van der Waals surface area contributed by atoms with E-state index in [4.69, 9.17) is 4.74 Å². The Hall–Kier alpha value is -2.60. The van der Waals surface area contributed by atoms with E-state index < -0.39 is 12.3 Å². The number of halogens is 1. The number of aliphatic hydroxyl groups is 1. The van der Waals surface area contributed by atoms with Crippen LogP contribution in [-0.4, -0.2) is 53.0 Å². The lowest BCUT2D eigenvalue weighted by Crippen LogP contribution is -2.51. The molecule has 1 amide bonds. The summed E-state index contributed by atoms with van der Waals surface area (Å²) in [5, 5.41) is 21.2. The zero-order valence-electron chi connectivity index (χ0n) is 28.6. The molecule has 2 N–H and O–H groups in total. The van der Waals surface area contributed by atoms with E-state index >= 15 is 4.39 Å². The maximum absolute atomic E-state index is 16.1. The number of phenols is 1. The molecule has 0 saturated heterocycles. The summed E-state index contributed by atoms with van der Waals surface area (Å²) in [6, 6.07) is 13.1. The standard InChI is InChI=1S/C40H58FNO4/c1-4-6-7-8-9-12-23-42(39(45)28-15-18-32(19-16-28)46-5-2)24-13-10-11-14-29-25-30-26-31(43)17-20-33(30)38-35(41)27-40(3)34(37(29)38)21-22-36(40)44/h15-20,26,29,34-38,43-44H,4-14,21-25,27H2,1-3H3/t29-,34+,35+,36+,37+,38+,40+/m1/s1. The number of benzene rings is 2. The number of unbranched alkanes of at least 4 members (excludes halogenated alkanes) is 7. The van der Waals surface area contributed by atoms with Gasteiger partial charge in [0.15, 0.2) is 0 Å². The van der Waals surface area contributed by atoms with Crippen LogP contribution in [-0.2, 0) is 6.42 Å². The van der Waals surface area contributed by atoms with Gasteiger partial charge in [0.25, 0.3) is 5.91 Å². The third-order valence-electron chi connectivity index (χ3n) is 11.8. The molecule has 254 valence electrons. The van der Waals surface area contributed by atoms with Crippen molar-refractivity contribution in [2.45, 2.75) is 129 Å². The molecular formula is C40H58FNO4. The molecule has 6 heteroatoms. The van der Waals surface area contributed by atoms with E-state index in [9.17, 15) is 15.0 Å². The number of fused-ring (bicyclic) bond motifs is 5. The first kappa shape index (κ1) is 34.7. The van der Waals surface area contributed by atoms with Crippen LogP contribution in [0.15, 0.2) is 42.5 Å². The molecule has 0 aliphatic heterocycles. The monoisotopic (exact) mass is 635 g/mol. The number of carbonyl (C=O) groups is 1. The lowest BCUT2D eigenvalue weighted by atomic mass is 9.51. The van der Waals surface area contributed by atoms with E-state index in [2.05, 4.69) is 13.8 Å². The Kier molecular flexibility index (Phi) is 12.1. The van der Waals surface area contributed by atoms with Crippen molar-refractivity contribution in [1.82, 2.24) is 4.90 Å². The first-order valence-corrected chi connectivity index (χ1v) is 18.4. The molecule has 2 fully saturated rings. The van der Waals surface area contributed by atoms with Crippen LogP contribution < -0.4 is 4.74 Å². The number of nitrogens with zero attached hydrogens (tertiary/aromatic N) is 1. The van der Waals surface area contributed by atoms with Crippen LogP contribution in [0.25, 0.3) is 0 Å². The van der Waals surface area contributed by atoms with Gasteiger partial charge in [-0.05, 0) is 123 Å². The summed E-state index contributed by atoms with van der Waals surface area (Å²) < 4.78 is 21.7. The zero-order chi connectivity index (χ0) is 32.7. The van der Waals surface area contributed by atoms with E-state index in [0.717, 1.165) is 87.8 Å². The van der Waals surface area contributed by atoms with E-state index in [1.807, 2.05) is 48.2 Å². The van der Waals surface area contributed by atoms with Gasteiger partial charge in [0, 0.05) is 24.6 Å². The maximum Gasteiger partial charge on any atom is 0.253 e. The molecule has 3 aliphatic carbocycles. The predicted octanol–water partition coefficient (Wildman–Crippen LogP) is 9.25. The van der Waals surface area contributed by atoms with Crippen LogP contribution in [0.1, 0.15) is 132 Å². The van der Waals surface area contributed by atoms with Gasteiger partial charge in [-0.1, -0.05) is 64.9 Å². The zero-order valence-corrected chi connectivity index (χ0v) is 28.6. The van der Waals surface area contributed by atoms with Crippen molar-refractivity contribution >= 4 is 5.91 Å². The van der Waals surface area contributed by atoms with Crippen LogP contribution in [0.3, 0.4) is 0 Å². The summed E-state index contributed by atoms with van der Waals surface area (Å²) in [4.78, 5) is 15.6. The Labute approximate surface area is 276 Å². The second-order valence-corrected chi connectivity index (χ2v) is 14.7. The van der Waals surface area contributed by atoms with Crippen LogP contribution >= 0.6 is 0 Å². The quantitative estimate of drug-likeness (QED) is 0.180. The van der Waals surface area contributed by atoms with Gasteiger partial charge in [0.2, 0.25) is 0 Å². The van der Waals surface area contributed by atoms with Gasteiger partial charge >= 0.3 is 0 Å². The number of rotatable bonds is 16. The summed E-state index contributed by atoms with van der Waals surface area (Å²) in [6.07, 6.45) is 12.8. The number of phenolic OH excluding ortho intramolecular Hbond substituents is 1. The molecule has 5 nitrogen and oxygen atoms in total. The molecule has 2 saturated carbocycles. The molecule has 0 heterocycles. The van der Waals surface area contributed by atoms with Gasteiger partial charge in [0.1, 0.15) is 17.7 Å². The Bertz CT molecular complexity index is 1270. The van der Waals surface area contributed by atoms with E-state index in [0.29, 0.717) is 30.4 Å². The third kappa shape index (κ3) is 7.75. The van der Waals surface area contributed by atoms with Crippen molar-refractivity contribution in [3.8, 4) is 11.5 Å². The lowest BCUT2D eigenvalue weighted by Gasteiger charge is -2.54. The maximum atomic E-state index is 16.1. The first-order chi connectivity index (χ1) is 22.3. The molecule has 0 aromatic heterocycles. The summed E-state index contributed by atoms with van der Waals surface area (Å²) in [7, 11) is 0. The number of amides is 1. The number of aromatic hydroxyl groups is 1. The molecule has 0 unspecified atom stereocenters. The van der Waals surface area contributed by atoms with Crippen LogP contribution in [0.2, 0.25) is 0 Å². The SMILES string of the molecule is CCCCCCCCN(CCCCC[C@@H]1Cc2cc(O)ccc2[C@@H]2[C@@H]1[C@@H]1CC[C@H](O)[C@@]1(C)C[C@@H]2F)C(=O)c1ccc(OCC)cc1. The fourth-order valence-corrected chi connectivity index (χ4v) is 9.36. The molecule has 2 aromatic carbocycles. The largest absolute Gasteiger partial charge is 0.508 e. The third-order valence-corrected chi connectivity index (χ3v) is 11.8. The molecular weight excluding hydrogens is 577 g/mol. The second-order valence-electron chi connectivity index (χ2n) is 14.7. The first-order valence-electron chi connectivity index (χ1n) is 18.4. The van der Waals surface area contributed by atoms with E-state index in [1.165, 1.54) is 25.7 Å². The highest BCUT2D eigenvalue weighted by atomic mass is 19.1. The van der Waals surface area contributed by atoms with Crippen molar-refractivity contribution in [3.63, 3.8) is 0 Å². The summed E-state index contributed by atoms with van der Waals surface area (Å²) in [5.74, 6) is 1.85. The minimum absolute atomic E-state index is 0.0958. The molecule has 5 rings (SSSR count). The molecule has 0 bridgehead atoms. The van der Waals surface area contributed by atoms with Gasteiger partial charge < -0.3 is 19.8 Å². The normalized spacial score (nSPS) is 28.3. The highest BCUT2D eigenvalue weighted by Gasteiger charge is 2.59. The highest BCUT2D eigenvalue weighted by Crippen LogP contribution is 2.63. The van der Waals surface area contributed by atoms with E-state index in [-0.39, 0.29) is 28.9 Å². The summed E-state index contributed by atoms with van der Waals surface area (Å²) >= 11 is 0. The number of hydrogen-bond donors (Lipinski definition) is 2. The minimum atomic E-state index is -0.978. The Balaban J connectivity index is 1.21. The number of hydrogen-bond acceptors (Lipinski definition) is 4. The number of alkyl halides is 1. The van der Waals surface area contributed by atoms with Crippen LogP contribution in [0.4, 0.5) is 4.39 Å². The van der Waals surface area contributed by atoms with Crippen molar-refractivity contribution in [1.29, 1.82) is 0 Å². The number of aliphatic hydroxyl groups excluding tert-OH is 1. The van der Waals surface area contributed by atoms with Crippen molar-refractivity contribution in [2.75, 3.05) is 19.7 Å². The number of carbonyl (C=O) groups excluding carboxylic acids is 1. The second kappa shape index (κ2) is 16.0. The summed E-state index contributed by atoms with van der Waals surface area (Å²) in [5.41, 5.74) is 2.53. The van der Waals surface area contributed by atoms with Gasteiger partial charge in [0.05, 0.1) is 12.7 Å². The van der Waals surface area contributed by atoms with Gasteiger partial charge in [-0.3, -0.25) is 4.79 Å². The molecule has 7 atom stereocenters. The molecule has 2 aromatic rings. The fraction of sp³-hybridized carbons (Fsp3) is 0.675. The number of ether oxygens (including phenoxy) is 1. The Morgan fingerprint density at radius 2 is 1.65 bits per heavy atom. The smallest absolute Gasteiger partial charge is 0.253 e. The predicted molar refractivity (Wildman–Crippen MR) is 183 cm³/mol. The molecule has 46 heavy (non-hydrogen) atoms. The van der Waals surface area contributed by atoms with E-state index in [1.54, 1.807) is 6.07 Å². The average Bonchev–Trinajstić information content (AvgIpc) is 3.34. The minimum Gasteiger partial charge on any atom is -0.508 e. The Morgan fingerprint density at radius 1 is 0.957 bits per heavy atom. The van der Waals surface area contributed by atoms with Crippen molar-refractivity contribution in [3.05, 3.63) is 59.2 Å². The van der Waals surface area contributed by atoms with Crippen LogP contribution in [0, 0.1) is 23.2 Å². The fourth-order valence-electron chi connectivity index (χ4n) is 9.36. The summed E-state index contributed by atoms with van der Waals surface area (Å²) in [6.45, 7) is 8.45. The van der Waals surface area contributed by atoms with Crippen LogP contribution in [0.5, 0.6) is 11.5 Å². The van der Waals surface area contributed by atoms with Gasteiger partial charge in [-0.2, -0.15) is 0 Å².